The average molecular weight is 282 g/mol. The topological polar surface area (TPSA) is 57.6 Å². The number of likely N-dealkylation sites (tertiary alicyclic amines) is 1. The maximum Gasteiger partial charge on any atom is 0.311 e. The fourth-order valence-corrected chi connectivity index (χ4v) is 2.49. The van der Waals surface area contributed by atoms with Crippen LogP contribution >= 0.6 is 11.6 Å². The number of halogens is 1. The van der Waals surface area contributed by atoms with Gasteiger partial charge in [0.2, 0.25) is 0 Å². The fraction of sp³-hybridized carbons (Fsp3) is 0.429. The van der Waals surface area contributed by atoms with Crippen molar-refractivity contribution in [3.8, 4) is 0 Å². The van der Waals surface area contributed by atoms with Gasteiger partial charge in [-0.2, -0.15) is 0 Å². The number of carbonyl (C=O) groups is 2. The first kappa shape index (κ1) is 13.9. The maximum atomic E-state index is 12.4. The Morgan fingerprint density at radius 3 is 2.68 bits per heavy atom. The first-order valence-electron chi connectivity index (χ1n) is 6.13. The van der Waals surface area contributed by atoms with Crippen molar-refractivity contribution in [3.63, 3.8) is 0 Å². The third kappa shape index (κ3) is 2.45. The smallest absolute Gasteiger partial charge is 0.311 e. The van der Waals surface area contributed by atoms with Crippen molar-refractivity contribution >= 4 is 23.5 Å². The van der Waals surface area contributed by atoms with Gasteiger partial charge in [-0.05, 0) is 38.0 Å². The van der Waals surface area contributed by atoms with E-state index in [1.54, 1.807) is 36.9 Å². The van der Waals surface area contributed by atoms with E-state index < -0.39 is 11.4 Å². The zero-order valence-electron chi connectivity index (χ0n) is 10.9. The van der Waals surface area contributed by atoms with Gasteiger partial charge in [0.1, 0.15) is 0 Å². The minimum absolute atomic E-state index is 0.148. The highest BCUT2D eigenvalue weighted by atomic mass is 35.5. The molecule has 1 atom stereocenters. The van der Waals surface area contributed by atoms with Crippen LogP contribution in [0.1, 0.15) is 29.3 Å². The number of rotatable bonds is 2. The van der Waals surface area contributed by atoms with E-state index in [0.717, 1.165) is 5.56 Å². The lowest BCUT2D eigenvalue weighted by Gasteiger charge is -2.21. The van der Waals surface area contributed by atoms with Crippen LogP contribution < -0.4 is 0 Å². The fourth-order valence-electron chi connectivity index (χ4n) is 2.32. The minimum Gasteiger partial charge on any atom is -0.481 e. The number of amides is 1. The molecule has 1 aromatic carbocycles. The van der Waals surface area contributed by atoms with E-state index >= 15 is 0 Å². The van der Waals surface area contributed by atoms with E-state index in [9.17, 15) is 14.7 Å². The van der Waals surface area contributed by atoms with E-state index in [1.807, 2.05) is 0 Å². The Morgan fingerprint density at radius 1 is 1.42 bits per heavy atom. The first-order chi connectivity index (χ1) is 8.85. The van der Waals surface area contributed by atoms with Gasteiger partial charge in [-0.15, -0.1) is 0 Å². The summed E-state index contributed by atoms with van der Waals surface area (Å²) in [5.41, 5.74) is 0.433. The molecular weight excluding hydrogens is 266 g/mol. The molecule has 1 amide bonds. The van der Waals surface area contributed by atoms with Crippen molar-refractivity contribution < 1.29 is 14.7 Å². The summed E-state index contributed by atoms with van der Waals surface area (Å²) in [5, 5.41) is 9.73. The second kappa shape index (κ2) is 4.85. The van der Waals surface area contributed by atoms with Crippen molar-refractivity contribution in [1.29, 1.82) is 0 Å². The summed E-state index contributed by atoms with van der Waals surface area (Å²) in [6.07, 6.45) is 0.480. The number of benzene rings is 1. The zero-order valence-corrected chi connectivity index (χ0v) is 11.7. The lowest BCUT2D eigenvalue weighted by Crippen LogP contribution is -2.35. The van der Waals surface area contributed by atoms with Crippen molar-refractivity contribution in [2.45, 2.75) is 20.3 Å². The van der Waals surface area contributed by atoms with Crippen LogP contribution in [0.2, 0.25) is 5.02 Å². The molecule has 4 nitrogen and oxygen atoms in total. The summed E-state index contributed by atoms with van der Waals surface area (Å²) in [6.45, 7) is 4.18. The standard InChI is InChI=1S/C14H16ClNO3/c1-9-10(4-3-5-11(9)15)12(17)16-7-6-14(2,8-16)13(18)19/h3-5H,6-8H2,1-2H3,(H,18,19). The highest BCUT2D eigenvalue weighted by Crippen LogP contribution is 2.31. The van der Waals surface area contributed by atoms with E-state index in [1.165, 1.54) is 0 Å². The SMILES string of the molecule is Cc1c(Cl)cccc1C(=O)N1CCC(C)(C(=O)O)C1. The lowest BCUT2D eigenvalue weighted by atomic mass is 9.90. The second-order valence-electron chi connectivity index (χ2n) is 5.25. The molecular formula is C14H16ClNO3. The highest BCUT2D eigenvalue weighted by Gasteiger charge is 2.42. The number of aliphatic carboxylic acids is 1. The van der Waals surface area contributed by atoms with Crippen molar-refractivity contribution in [2.24, 2.45) is 5.41 Å². The van der Waals surface area contributed by atoms with Gasteiger partial charge in [0.05, 0.1) is 5.41 Å². The van der Waals surface area contributed by atoms with Crippen molar-refractivity contribution in [3.05, 3.63) is 34.3 Å². The quantitative estimate of drug-likeness (QED) is 0.906. The van der Waals surface area contributed by atoms with Crippen LogP contribution in [-0.4, -0.2) is 35.0 Å². The molecule has 0 bridgehead atoms. The molecule has 0 radical (unpaired) electrons. The zero-order chi connectivity index (χ0) is 14.2. The summed E-state index contributed by atoms with van der Waals surface area (Å²) in [7, 11) is 0. The van der Waals surface area contributed by atoms with Gasteiger partial charge in [-0.25, -0.2) is 0 Å². The summed E-state index contributed by atoms with van der Waals surface area (Å²) in [4.78, 5) is 25.2. The van der Waals surface area contributed by atoms with Crippen LogP contribution in [0.25, 0.3) is 0 Å². The summed E-state index contributed by atoms with van der Waals surface area (Å²) in [6, 6.07) is 5.19. The average Bonchev–Trinajstić information content (AvgIpc) is 2.76. The Bertz CT molecular complexity index is 543. The Labute approximate surface area is 117 Å². The third-order valence-electron chi connectivity index (χ3n) is 3.77. The third-order valence-corrected chi connectivity index (χ3v) is 4.18. The molecule has 102 valence electrons. The molecule has 1 heterocycles. The maximum absolute atomic E-state index is 12.4. The summed E-state index contributed by atoms with van der Waals surface area (Å²) >= 11 is 6.01. The molecule has 19 heavy (non-hydrogen) atoms. The van der Waals surface area contributed by atoms with E-state index in [2.05, 4.69) is 0 Å². The number of hydrogen-bond donors (Lipinski definition) is 1. The van der Waals surface area contributed by atoms with E-state index in [4.69, 9.17) is 11.6 Å². The highest BCUT2D eigenvalue weighted by molar-refractivity contribution is 6.31. The monoisotopic (exact) mass is 281 g/mol. The Kier molecular flexibility index (Phi) is 3.54. The number of carbonyl (C=O) groups excluding carboxylic acids is 1. The van der Waals surface area contributed by atoms with Crippen LogP contribution in [0.3, 0.4) is 0 Å². The molecule has 1 aromatic rings. The summed E-state index contributed by atoms with van der Waals surface area (Å²) < 4.78 is 0. The van der Waals surface area contributed by atoms with Gasteiger partial charge in [-0.3, -0.25) is 9.59 Å². The minimum atomic E-state index is -0.856. The first-order valence-corrected chi connectivity index (χ1v) is 6.51. The Hall–Kier alpha value is -1.55. The number of hydrogen-bond acceptors (Lipinski definition) is 2. The van der Waals surface area contributed by atoms with Crippen LogP contribution in [0.15, 0.2) is 18.2 Å². The molecule has 2 rings (SSSR count). The summed E-state index contributed by atoms with van der Waals surface area (Å²) in [5.74, 6) is -1.00. The largest absolute Gasteiger partial charge is 0.481 e. The van der Waals surface area contributed by atoms with Crippen LogP contribution in [0.5, 0.6) is 0 Å². The molecule has 1 saturated heterocycles. The molecule has 1 unspecified atom stereocenters. The Morgan fingerprint density at radius 2 is 2.11 bits per heavy atom. The van der Waals surface area contributed by atoms with Crippen molar-refractivity contribution in [2.75, 3.05) is 13.1 Å². The predicted molar refractivity (Wildman–Crippen MR) is 72.5 cm³/mol. The van der Waals surface area contributed by atoms with E-state index in [-0.39, 0.29) is 12.5 Å². The van der Waals surface area contributed by atoms with Gasteiger partial charge < -0.3 is 10.0 Å². The molecule has 5 heteroatoms. The Balaban J connectivity index is 2.23. The van der Waals surface area contributed by atoms with Crippen LogP contribution in [-0.2, 0) is 4.79 Å². The van der Waals surface area contributed by atoms with Gasteiger partial charge in [0.15, 0.2) is 0 Å². The normalized spacial score (nSPS) is 22.6. The van der Waals surface area contributed by atoms with Gasteiger partial charge in [0.25, 0.3) is 5.91 Å². The van der Waals surface area contributed by atoms with Gasteiger partial charge in [-0.1, -0.05) is 17.7 Å². The van der Waals surface area contributed by atoms with Gasteiger partial charge in [0, 0.05) is 23.7 Å². The number of carboxylic acid groups (broad SMARTS) is 1. The predicted octanol–water partition coefficient (Wildman–Crippen LogP) is 2.59. The van der Waals surface area contributed by atoms with Crippen LogP contribution in [0, 0.1) is 12.3 Å². The molecule has 0 spiro atoms. The molecule has 1 aliphatic rings. The molecule has 0 aliphatic carbocycles. The van der Waals surface area contributed by atoms with Crippen LogP contribution in [0.4, 0.5) is 0 Å². The molecule has 0 aromatic heterocycles. The van der Waals surface area contributed by atoms with Crippen molar-refractivity contribution in [1.82, 2.24) is 4.90 Å². The molecule has 1 fully saturated rings. The van der Waals surface area contributed by atoms with E-state index in [0.29, 0.717) is 23.6 Å². The second-order valence-corrected chi connectivity index (χ2v) is 5.66. The van der Waals surface area contributed by atoms with Gasteiger partial charge >= 0.3 is 5.97 Å². The lowest BCUT2D eigenvalue weighted by molar-refractivity contribution is -0.147. The number of carboxylic acids is 1. The molecule has 1 N–H and O–H groups in total. The molecule has 1 aliphatic heterocycles. The number of nitrogens with zero attached hydrogens (tertiary/aromatic N) is 1. The molecule has 0 saturated carbocycles.